The molecule has 61 heavy (non-hydrogen) atoms. The first-order chi connectivity index (χ1) is 29.5. The summed E-state index contributed by atoms with van der Waals surface area (Å²) in [6.45, 7) is 4.01. The third-order valence-electron chi connectivity index (χ3n) is 11.5. The van der Waals surface area contributed by atoms with Gasteiger partial charge in [-0.05, 0) is 85.1 Å². The van der Waals surface area contributed by atoms with Gasteiger partial charge in [-0.15, -0.1) is 18.2 Å². The number of carbonyl (C=O) groups is 1. The molecule has 2 aliphatic carbocycles. The van der Waals surface area contributed by atoms with Gasteiger partial charge in [0.05, 0.1) is 40.0 Å². The maximum Gasteiger partial charge on any atom is 0.410 e. The summed E-state index contributed by atoms with van der Waals surface area (Å²) in [6, 6.07) is 16.4. The average molecular weight is 863 g/mol. The highest BCUT2D eigenvalue weighted by Crippen LogP contribution is 2.62. The smallest absolute Gasteiger partial charge is 0.410 e. The normalized spacial score (nSPS) is 23.1. The second kappa shape index (κ2) is 20.8. The van der Waals surface area contributed by atoms with Crippen LogP contribution in [-0.2, 0) is 20.9 Å². The van der Waals surface area contributed by atoms with E-state index in [0.29, 0.717) is 48.5 Å². The molecule has 0 aromatic heterocycles. The van der Waals surface area contributed by atoms with Gasteiger partial charge in [0.2, 0.25) is 5.79 Å². The topological polar surface area (TPSA) is 206 Å². The predicted molar refractivity (Wildman–Crippen MR) is 226 cm³/mol. The number of non-ortho nitro benzene ring substituents is 2. The summed E-state index contributed by atoms with van der Waals surface area (Å²) >= 11 is 5.93. The summed E-state index contributed by atoms with van der Waals surface area (Å²) < 4.78 is 25.8. The van der Waals surface area contributed by atoms with Crippen molar-refractivity contribution < 1.29 is 48.6 Å². The molecule has 6 rings (SSSR count). The van der Waals surface area contributed by atoms with Crippen molar-refractivity contribution in [2.75, 3.05) is 39.4 Å². The van der Waals surface area contributed by atoms with E-state index in [1.54, 1.807) is 49.5 Å². The van der Waals surface area contributed by atoms with Gasteiger partial charge in [-0.1, -0.05) is 36.2 Å². The highest BCUT2D eigenvalue weighted by Gasteiger charge is 2.65. The number of amides is 1. The molecule has 17 heteroatoms. The van der Waals surface area contributed by atoms with Crippen LogP contribution in [0.2, 0.25) is 0 Å². The molecule has 0 bridgehead atoms. The first-order valence-electron chi connectivity index (χ1n) is 20.4. The molecule has 2 N–H and O–H groups in total. The van der Waals surface area contributed by atoms with Gasteiger partial charge < -0.3 is 38.9 Å². The number of rotatable bonds is 21. The van der Waals surface area contributed by atoms with Crippen LogP contribution in [0.25, 0.3) is 0 Å². The van der Waals surface area contributed by atoms with Gasteiger partial charge in [0, 0.05) is 56.4 Å². The van der Waals surface area contributed by atoms with Crippen LogP contribution in [-0.4, -0.2) is 87.9 Å². The molecule has 16 nitrogen and oxygen atoms in total. The number of hydrogen-bond acceptors (Lipinski definition) is 13. The van der Waals surface area contributed by atoms with Crippen molar-refractivity contribution in [3.63, 3.8) is 0 Å². The van der Waals surface area contributed by atoms with Crippen molar-refractivity contribution in [1.29, 1.82) is 0 Å². The van der Waals surface area contributed by atoms with E-state index in [9.17, 15) is 35.2 Å². The molecule has 1 aliphatic heterocycles. The SMILES string of the molecule is C=CCO[C@@]12Oc3ccc(Oc4cccc([N+](=O)[O-])c4)cc3[C@H]3[C@H](CCCCO)[C@@H](CCCCO)C=C(C(=NOCc4ccc([N+](=O)[O-])cc4)C[C@@H]1N(C)C(=O)OCCCl)[C@H]32. The fraction of sp³-hybridized carbons (Fsp3) is 0.455. The zero-order valence-electron chi connectivity index (χ0n) is 33.9. The molecule has 0 unspecified atom stereocenters. The Morgan fingerprint density at radius 3 is 2.41 bits per heavy atom. The predicted octanol–water partition coefficient (Wildman–Crippen LogP) is 8.44. The third kappa shape index (κ3) is 10.2. The van der Waals surface area contributed by atoms with Gasteiger partial charge in [0.25, 0.3) is 11.4 Å². The van der Waals surface area contributed by atoms with Gasteiger partial charge in [-0.2, -0.15) is 0 Å². The molecule has 1 heterocycles. The number of carbonyl (C=O) groups excluding carboxylic acids is 1. The van der Waals surface area contributed by atoms with Crippen molar-refractivity contribution in [1.82, 2.24) is 4.90 Å². The summed E-state index contributed by atoms with van der Waals surface area (Å²) in [5.41, 5.74) is 2.59. The molecule has 3 aromatic carbocycles. The lowest BCUT2D eigenvalue weighted by molar-refractivity contribution is -0.385. The molecule has 0 radical (unpaired) electrons. The number of oxime groups is 1. The molecule has 1 saturated carbocycles. The fourth-order valence-corrected chi connectivity index (χ4v) is 8.92. The van der Waals surface area contributed by atoms with Crippen LogP contribution >= 0.6 is 11.6 Å². The van der Waals surface area contributed by atoms with Crippen molar-refractivity contribution in [3.05, 3.63) is 122 Å². The standard InChI is InChI=1S/C44H51ClN4O12/c1-3-22-58-44-40(47(2)43(52)57-23-19-45)27-38(46-59-28-29-13-15-31(16-14-29)48(53)54)36-24-30(9-4-6-20-50)35(12-5-7-21-51)41(42(36)44)37-26-34(17-18-39(37)61-44)60-33-11-8-10-32(25-33)49(55)56/h3,8,10-11,13-18,24-26,30,35,40-42,50-51H,1,4-7,9,12,19-23,27-28H2,2H3/t30-,35+,40-,41+,42+,44+/m0/s1. The van der Waals surface area contributed by atoms with Crippen LogP contribution < -0.4 is 9.47 Å². The van der Waals surface area contributed by atoms with E-state index >= 15 is 0 Å². The highest BCUT2D eigenvalue weighted by molar-refractivity contribution is 6.18. The number of fused-ring (bicyclic) bond motifs is 2. The van der Waals surface area contributed by atoms with Gasteiger partial charge in [-0.3, -0.25) is 20.2 Å². The summed E-state index contributed by atoms with van der Waals surface area (Å²) in [5, 5.41) is 47.3. The summed E-state index contributed by atoms with van der Waals surface area (Å²) in [5.74, 6) is -1.38. The van der Waals surface area contributed by atoms with Gasteiger partial charge >= 0.3 is 6.09 Å². The largest absolute Gasteiger partial charge is 0.459 e. The summed E-state index contributed by atoms with van der Waals surface area (Å²) in [6.07, 6.45) is 7.30. The van der Waals surface area contributed by atoms with E-state index in [-0.39, 0.29) is 80.2 Å². The van der Waals surface area contributed by atoms with Crippen molar-refractivity contribution in [2.45, 2.75) is 69.3 Å². The lowest BCUT2D eigenvalue weighted by atomic mass is 9.55. The maximum absolute atomic E-state index is 13.8. The maximum atomic E-state index is 13.8. The number of nitrogens with zero attached hydrogens (tertiary/aromatic N) is 4. The van der Waals surface area contributed by atoms with Crippen molar-refractivity contribution in [3.8, 4) is 17.2 Å². The number of likely N-dealkylation sites (N-methyl/N-ethyl adjacent to an activating group) is 1. The highest BCUT2D eigenvalue weighted by atomic mass is 35.5. The molecule has 0 spiro atoms. The molecule has 326 valence electrons. The number of nitro benzene ring substituents is 2. The Morgan fingerprint density at radius 2 is 1.72 bits per heavy atom. The first-order valence-corrected chi connectivity index (χ1v) is 20.9. The third-order valence-corrected chi connectivity index (χ3v) is 11.7. The molecular weight excluding hydrogens is 812 g/mol. The number of allylic oxidation sites excluding steroid dienone is 1. The quantitative estimate of drug-likeness (QED) is 0.0340. The van der Waals surface area contributed by atoms with Crippen LogP contribution in [0.3, 0.4) is 0 Å². The lowest BCUT2D eigenvalue weighted by Crippen LogP contribution is -2.69. The van der Waals surface area contributed by atoms with E-state index in [4.69, 9.17) is 40.5 Å². The Morgan fingerprint density at radius 1 is 1.00 bits per heavy atom. The summed E-state index contributed by atoms with van der Waals surface area (Å²) in [4.78, 5) is 43.1. The number of aliphatic hydroxyl groups excluding tert-OH is 2. The van der Waals surface area contributed by atoms with E-state index < -0.39 is 33.7 Å². The lowest BCUT2D eigenvalue weighted by Gasteiger charge is -2.59. The van der Waals surface area contributed by atoms with Crippen LogP contribution in [0.4, 0.5) is 16.2 Å². The van der Waals surface area contributed by atoms with Gasteiger partial charge in [0.1, 0.15) is 36.5 Å². The first kappa shape index (κ1) is 45.0. The number of ether oxygens (including phenoxy) is 4. The molecular formula is C44H51ClN4O12. The number of aliphatic hydroxyl groups is 2. The zero-order chi connectivity index (χ0) is 43.5. The Bertz CT molecular complexity index is 2100. The monoisotopic (exact) mass is 862 g/mol. The number of halogens is 1. The second-order valence-electron chi connectivity index (χ2n) is 15.2. The van der Waals surface area contributed by atoms with E-state index in [1.807, 2.05) is 6.07 Å². The van der Waals surface area contributed by atoms with Crippen LogP contribution in [0.15, 0.2) is 96.2 Å². The van der Waals surface area contributed by atoms with Crippen LogP contribution in [0, 0.1) is 38.0 Å². The van der Waals surface area contributed by atoms with Crippen molar-refractivity contribution in [2.24, 2.45) is 22.9 Å². The Balaban J connectivity index is 1.53. The van der Waals surface area contributed by atoms with Crippen LogP contribution in [0.5, 0.6) is 17.2 Å². The molecule has 3 aromatic rings. The number of nitro groups is 2. The number of unbranched alkanes of at least 4 members (excludes halogenated alkanes) is 2. The van der Waals surface area contributed by atoms with Gasteiger partial charge in [0.15, 0.2) is 0 Å². The Kier molecular flexibility index (Phi) is 15.4. The molecule has 1 amide bonds. The molecule has 0 saturated heterocycles. The van der Waals surface area contributed by atoms with Gasteiger partial charge in [-0.25, -0.2) is 4.79 Å². The second-order valence-corrected chi connectivity index (χ2v) is 15.6. The number of alkyl halides is 1. The minimum Gasteiger partial charge on any atom is -0.459 e. The van der Waals surface area contributed by atoms with E-state index in [2.05, 4.69) is 12.7 Å². The fourth-order valence-electron chi connectivity index (χ4n) is 8.84. The van der Waals surface area contributed by atoms with Crippen LogP contribution in [0.1, 0.15) is 62.0 Å². The van der Waals surface area contributed by atoms with Crippen molar-refractivity contribution >= 4 is 34.8 Å². The molecule has 3 aliphatic rings. The average Bonchev–Trinajstić information content (AvgIpc) is 3.26. The van der Waals surface area contributed by atoms with E-state index in [0.717, 1.165) is 24.0 Å². The molecule has 6 atom stereocenters. The van der Waals surface area contributed by atoms with E-state index in [1.165, 1.54) is 29.2 Å². The Hall–Kier alpha value is -5.55. The molecule has 1 fully saturated rings. The number of hydrogen-bond donors (Lipinski definition) is 2. The number of benzene rings is 3. The minimum atomic E-state index is -1.53. The zero-order valence-corrected chi connectivity index (χ0v) is 34.7. The Labute approximate surface area is 358 Å². The minimum absolute atomic E-state index is 0.000635. The summed E-state index contributed by atoms with van der Waals surface area (Å²) in [7, 11) is 1.60.